The fraction of sp³-hybridized carbons (Fsp3) is 0.471. The second-order valence-corrected chi connectivity index (χ2v) is 5.27. The zero-order valence-electron chi connectivity index (χ0n) is 12.2. The maximum atomic E-state index is 11.7. The number of hydrogen-bond donors (Lipinski definition) is 2. The zero-order valence-corrected chi connectivity index (χ0v) is 12.2. The smallest absolute Gasteiger partial charge is 0.220 e. The SMILES string of the molecule is CCCCCCC(=O)NCCc1c[nH]c2ccccc12. The first-order valence-electron chi connectivity index (χ1n) is 7.63. The molecule has 0 aliphatic heterocycles. The number of hydrogen-bond acceptors (Lipinski definition) is 1. The number of aromatic nitrogens is 1. The van der Waals surface area contributed by atoms with Crippen LogP contribution in [0.25, 0.3) is 10.9 Å². The summed E-state index contributed by atoms with van der Waals surface area (Å²) in [6.45, 7) is 2.90. The molecule has 0 saturated heterocycles. The Hall–Kier alpha value is -1.77. The van der Waals surface area contributed by atoms with Gasteiger partial charge in [0, 0.05) is 30.1 Å². The van der Waals surface area contributed by atoms with E-state index in [9.17, 15) is 4.79 Å². The van der Waals surface area contributed by atoms with Crippen LogP contribution >= 0.6 is 0 Å². The third kappa shape index (κ3) is 4.12. The minimum atomic E-state index is 0.181. The molecule has 1 heterocycles. The van der Waals surface area contributed by atoms with Gasteiger partial charge in [-0.25, -0.2) is 0 Å². The fourth-order valence-electron chi connectivity index (χ4n) is 2.48. The maximum absolute atomic E-state index is 11.7. The molecule has 0 unspecified atom stereocenters. The lowest BCUT2D eigenvalue weighted by atomic mass is 10.1. The number of carbonyl (C=O) groups excluding carboxylic acids is 1. The Bertz CT molecular complexity index is 545. The molecule has 0 fully saturated rings. The van der Waals surface area contributed by atoms with Crippen LogP contribution in [0.15, 0.2) is 30.5 Å². The van der Waals surface area contributed by atoms with Gasteiger partial charge in [0.05, 0.1) is 0 Å². The summed E-state index contributed by atoms with van der Waals surface area (Å²) in [7, 11) is 0. The van der Waals surface area contributed by atoms with E-state index in [4.69, 9.17) is 0 Å². The van der Waals surface area contributed by atoms with Crippen molar-refractivity contribution in [1.82, 2.24) is 10.3 Å². The molecule has 0 aliphatic rings. The highest BCUT2D eigenvalue weighted by Crippen LogP contribution is 2.17. The first-order valence-corrected chi connectivity index (χ1v) is 7.63. The Morgan fingerprint density at radius 1 is 1.20 bits per heavy atom. The van der Waals surface area contributed by atoms with Gasteiger partial charge in [-0.15, -0.1) is 0 Å². The highest BCUT2D eigenvalue weighted by molar-refractivity contribution is 5.83. The van der Waals surface area contributed by atoms with Gasteiger partial charge in [-0.1, -0.05) is 44.4 Å². The molecule has 1 aromatic heterocycles. The molecule has 2 rings (SSSR count). The van der Waals surface area contributed by atoms with Gasteiger partial charge in [0.2, 0.25) is 5.91 Å². The molecule has 108 valence electrons. The first kappa shape index (κ1) is 14.6. The van der Waals surface area contributed by atoms with Gasteiger partial charge in [0.25, 0.3) is 0 Å². The van der Waals surface area contributed by atoms with Crippen molar-refractivity contribution in [3.8, 4) is 0 Å². The number of fused-ring (bicyclic) bond motifs is 1. The van der Waals surface area contributed by atoms with Gasteiger partial charge in [0.1, 0.15) is 0 Å². The summed E-state index contributed by atoms with van der Waals surface area (Å²) in [5.41, 5.74) is 2.43. The molecule has 0 spiro atoms. The fourth-order valence-corrected chi connectivity index (χ4v) is 2.48. The van der Waals surface area contributed by atoms with Gasteiger partial charge >= 0.3 is 0 Å². The van der Waals surface area contributed by atoms with Crippen molar-refractivity contribution in [3.05, 3.63) is 36.0 Å². The van der Waals surface area contributed by atoms with Crippen LogP contribution in [-0.2, 0) is 11.2 Å². The van der Waals surface area contributed by atoms with Crippen LogP contribution in [0.2, 0.25) is 0 Å². The molecule has 2 N–H and O–H groups in total. The van der Waals surface area contributed by atoms with Crippen molar-refractivity contribution in [3.63, 3.8) is 0 Å². The van der Waals surface area contributed by atoms with E-state index in [0.29, 0.717) is 13.0 Å². The highest BCUT2D eigenvalue weighted by atomic mass is 16.1. The van der Waals surface area contributed by atoms with Gasteiger partial charge in [-0.05, 0) is 24.5 Å². The summed E-state index contributed by atoms with van der Waals surface area (Å²) in [6, 6.07) is 8.27. The summed E-state index contributed by atoms with van der Waals surface area (Å²) < 4.78 is 0. The number of amides is 1. The van der Waals surface area contributed by atoms with Crippen LogP contribution in [0.4, 0.5) is 0 Å². The monoisotopic (exact) mass is 272 g/mol. The molecule has 0 atom stereocenters. The second kappa shape index (κ2) is 7.73. The average Bonchev–Trinajstić information content (AvgIpc) is 2.87. The molecule has 3 nitrogen and oxygen atoms in total. The van der Waals surface area contributed by atoms with Crippen molar-refractivity contribution in [2.75, 3.05) is 6.54 Å². The topological polar surface area (TPSA) is 44.9 Å². The van der Waals surface area contributed by atoms with E-state index < -0.39 is 0 Å². The first-order chi connectivity index (χ1) is 9.81. The molecule has 1 amide bonds. The van der Waals surface area contributed by atoms with E-state index in [1.807, 2.05) is 18.3 Å². The van der Waals surface area contributed by atoms with Gasteiger partial charge < -0.3 is 10.3 Å². The van der Waals surface area contributed by atoms with Gasteiger partial charge in [-0.2, -0.15) is 0 Å². The predicted molar refractivity (Wildman–Crippen MR) is 83.8 cm³/mol. The largest absolute Gasteiger partial charge is 0.361 e. The number of H-pyrrole nitrogens is 1. The molecule has 20 heavy (non-hydrogen) atoms. The predicted octanol–water partition coefficient (Wildman–Crippen LogP) is 3.80. The molecule has 1 aromatic carbocycles. The Kier molecular flexibility index (Phi) is 5.66. The van der Waals surface area contributed by atoms with Crippen LogP contribution in [-0.4, -0.2) is 17.4 Å². The average molecular weight is 272 g/mol. The summed E-state index contributed by atoms with van der Waals surface area (Å²) in [6.07, 6.45) is 8.18. The minimum absolute atomic E-state index is 0.181. The molecule has 0 aliphatic carbocycles. The van der Waals surface area contributed by atoms with E-state index in [1.54, 1.807) is 0 Å². The standard InChI is InChI=1S/C17H24N2O/c1-2-3-4-5-10-17(20)18-12-11-14-13-19-16-9-7-6-8-15(14)16/h6-9,13,19H,2-5,10-12H2,1H3,(H,18,20). The summed E-state index contributed by atoms with van der Waals surface area (Å²) in [4.78, 5) is 14.9. The van der Waals surface area contributed by atoms with Crippen LogP contribution in [0, 0.1) is 0 Å². The lowest BCUT2D eigenvalue weighted by molar-refractivity contribution is -0.121. The highest BCUT2D eigenvalue weighted by Gasteiger charge is 2.04. The number of benzene rings is 1. The number of aromatic amines is 1. The Morgan fingerprint density at radius 3 is 2.90 bits per heavy atom. The third-order valence-electron chi connectivity index (χ3n) is 3.65. The van der Waals surface area contributed by atoms with Gasteiger partial charge in [0.15, 0.2) is 0 Å². The number of rotatable bonds is 8. The van der Waals surface area contributed by atoms with Crippen LogP contribution in [0.5, 0.6) is 0 Å². The molecular formula is C17H24N2O. The molecule has 2 aromatic rings. The number of unbranched alkanes of at least 4 members (excludes halogenated alkanes) is 3. The Morgan fingerprint density at radius 2 is 2.05 bits per heavy atom. The molecule has 0 bridgehead atoms. The van der Waals surface area contributed by atoms with Crippen molar-refractivity contribution < 1.29 is 4.79 Å². The van der Waals surface area contributed by atoms with Crippen LogP contribution in [0.3, 0.4) is 0 Å². The quantitative estimate of drug-likeness (QED) is 0.705. The van der Waals surface area contributed by atoms with E-state index in [0.717, 1.165) is 24.8 Å². The Labute approximate surface area is 120 Å². The van der Waals surface area contributed by atoms with Crippen molar-refractivity contribution >= 4 is 16.8 Å². The van der Waals surface area contributed by atoms with Crippen molar-refractivity contribution in [2.45, 2.75) is 45.4 Å². The number of nitrogens with one attached hydrogen (secondary N) is 2. The van der Waals surface area contributed by atoms with E-state index in [-0.39, 0.29) is 5.91 Å². The normalized spacial score (nSPS) is 10.8. The van der Waals surface area contributed by atoms with Crippen molar-refractivity contribution in [1.29, 1.82) is 0 Å². The van der Waals surface area contributed by atoms with E-state index in [1.165, 1.54) is 23.8 Å². The van der Waals surface area contributed by atoms with Gasteiger partial charge in [-0.3, -0.25) is 4.79 Å². The van der Waals surface area contributed by atoms with Crippen LogP contribution < -0.4 is 5.32 Å². The minimum Gasteiger partial charge on any atom is -0.361 e. The van der Waals surface area contributed by atoms with E-state index in [2.05, 4.69) is 29.4 Å². The molecule has 3 heteroatoms. The summed E-state index contributed by atoms with van der Waals surface area (Å²) >= 11 is 0. The third-order valence-corrected chi connectivity index (χ3v) is 3.65. The maximum Gasteiger partial charge on any atom is 0.220 e. The molecule has 0 saturated carbocycles. The Balaban J connectivity index is 1.71. The van der Waals surface area contributed by atoms with E-state index >= 15 is 0 Å². The zero-order chi connectivity index (χ0) is 14.2. The lowest BCUT2D eigenvalue weighted by Gasteiger charge is -2.04. The number of carbonyl (C=O) groups is 1. The van der Waals surface area contributed by atoms with Crippen molar-refractivity contribution in [2.24, 2.45) is 0 Å². The molecular weight excluding hydrogens is 248 g/mol. The summed E-state index contributed by atoms with van der Waals surface area (Å²) in [5, 5.41) is 4.26. The summed E-state index contributed by atoms with van der Waals surface area (Å²) in [5.74, 6) is 0.181. The number of para-hydroxylation sites is 1. The molecule has 0 radical (unpaired) electrons. The lowest BCUT2D eigenvalue weighted by Crippen LogP contribution is -2.25. The second-order valence-electron chi connectivity index (χ2n) is 5.27. The van der Waals surface area contributed by atoms with Crippen LogP contribution in [0.1, 0.15) is 44.6 Å².